The van der Waals surface area contributed by atoms with Crippen molar-refractivity contribution in [3.05, 3.63) is 91.0 Å². The number of anilines is 3. The van der Waals surface area contributed by atoms with Crippen molar-refractivity contribution in [3.63, 3.8) is 0 Å². The van der Waals surface area contributed by atoms with Crippen molar-refractivity contribution in [1.29, 1.82) is 0 Å². The first-order chi connectivity index (χ1) is 33.7. The average molecular weight is 985 g/mol. The molecule has 3 aromatic carbocycles. The largest absolute Gasteiger partial charge is 0.506 e. The van der Waals surface area contributed by atoms with Crippen LogP contribution in [0.1, 0.15) is 119 Å². The Labute approximate surface area is 423 Å². The van der Waals surface area contributed by atoms with Gasteiger partial charge in [-0.15, -0.1) is 34.0 Å². The van der Waals surface area contributed by atoms with Gasteiger partial charge in [-0.05, 0) is 110 Å². The smallest absolute Gasteiger partial charge is 0.177 e. The zero-order chi connectivity index (χ0) is 48.7. The topological polar surface area (TPSA) is 109 Å². The second-order valence-corrected chi connectivity index (χ2v) is 21.2. The minimum atomic E-state index is 0.0564. The standard InChI is InChI=1S/C57H72N6O3S3/c1-7-13-31-61(32-14-8-2)43-25-19-40(20-26-43)49-37-46(64)52(67-49)55-58-56(53-47(65)38-50(68-53)41-21-27-44(28-22-41)62(33-15-9-3)34-16-10-4)60-57(59-55)54-48(66)39-51(69-54)42-23-29-45(30-24-42)63(35-17-11-5)36-18-12-6/h19-30,37-39,64-66H,7-18,31-36H2,1-6H3. The van der Waals surface area contributed by atoms with E-state index in [4.69, 9.17) is 15.0 Å². The second-order valence-electron chi connectivity index (χ2n) is 18.0. The van der Waals surface area contributed by atoms with E-state index in [0.29, 0.717) is 14.6 Å². The predicted octanol–water partition coefficient (Wildman–Crippen LogP) is 16.4. The van der Waals surface area contributed by atoms with Crippen molar-refractivity contribution >= 4 is 51.1 Å². The molecule has 0 amide bonds. The molecule has 69 heavy (non-hydrogen) atoms. The van der Waals surface area contributed by atoms with Crippen LogP contribution in [0.25, 0.3) is 63.4 Å². The molecule has 0 spiro atoms. The molecule has 0 saturated carbocycles. The predicted molar refractivity (Wildman–Crippen MR) is 297 cm³/mol. The molecule has 0 radical (unpaired) electrons. The van der Waals surface area contributed by atoms with E-state index in [-0.39, 0.29) is 34.7 Å². The quantitative estimate of drug-likeness (QED) is 0.0464. The first-order valence-electron chi connectivity index (χ1n) is 25.5. The highest BCUT2D eigenvalue weighted by molar-refractivity contribution is 7.20. The highest BCUT2D eigenvalue weighted by Crippen LogP contribution is 2.47. The third kappa shape index (κ3) is 13.1. The van der Waals surface area contributed by atoms with Crippen molar-refractivity contribution in [2.45, 2.75) is 119 Å². The highest BCUT2D eigenvalue weighted by atomic mass is 32.1. The Kier molecular flexibility index (Phi) is 19.0. The molecule has 0 unspecified atom stereocenters. The number of benzene rings is 3. The minimum absolute atomic E-state index is 0.0564. The van der Waals surface area contributed by atoms with E-state index in [9.17, 15) is 15.3 Å². The normalized spacial score (nSPS) is 11.4. The number of unbranched alkanes of at least 4 members (excludes halogenated alkanes) is 6. The van der Waals surface area contributed by atoms with Gasteiger partial charge < -0.3 is 30.0 Å². The maximum atomic E-state index is 11.6. The van der Waals surface area contributed by atoms with Gasteiger partial charge in [-0.3, -0.25) is 0 Å². The number of aromatic hydroxyl groups is 3. The van der Waals surface area contributed by atoms with Gasteiger partial charge in [0.05, 0.1) is 0 Å². The molecule has 0 fully saturated rings. The summed E-state index contributed by atoms with van der Waals surface area (Å²) in [5.74, 6) is 0.965. The lowest BCUT2D eigenvalue weighted by atomic mass is 10.1. The van der Waals surface area contributed by atoms with Crippen LogP contribution in [0.5, 0.6) is 17.2 Å². The van der Waals surface area contributed by atoms with Gasteiger partial charge in [0.2, 0.25) is 0 Å². The number of hydrogen-bond acceptors (Lipinski definition) is 12. The molecule has 0 aliphatic carbocycles. The summed E-state index contributed by atoms with van der Waals surface area (Å²) in [5, 5.41) is 34.9. The third-order valence-electron chi connectivity index (χ3n) is 12.6. The average Bonchev–Trinajstić information content (AvgIpc) is 4.10. The van der Waals surface area contributed by atoms with Gasteiger partial charge in [0, 0.05) is 71.0 Å². The lowest BCUT2D eigenvalue weighted by molar-refractivity contribution is 0.479. The van der Waals surface area contributed by atoms with Crippen LogP contribution >= 0.6 is 34.0 Å². The summed E-state index contributed by atoms with van der Waals surface area (Å²) < 4.78 is 0. The maximum Gasteiger partial charge on any atom is 0.177 e. The molecule has 0 aliphatic rings. The third-order valence-corrected chi connectivity index (χ3v) is 16.1. The summed E-state index contributed by atoms with van der Waals surface area (Å²) in [7, 11) is 0. The van der Waals surface area contributed by atoms with Crippen molar-refractivity contribution in [2.75, 3.05) is 54.0 Å². The number of thiophene rings is 3. The van der Waals surface area contributed by atoms with Gasteiger partial charge in [-0.2, -0.15) is 0 Å². The molecular formula is C57H72N6O3S3. The molecule has 0 atom stereocenters. The zero-order valence-corrected chi connectivity index (χ0v) is 44.1. The number of nitrogens with zero attached hydrogens (tertiary/aromatic N) is 6. The second kappa shape index (κ2) is 25.4. The van der Waals surface area contributed by atoms with Gasteiger partial charge in [0.25, 0.3) is 0 Å². The van der Waals surface area contributed by atoms with Crippen molar-refractivity contribution < 1.29 is 15.3 Å². The number of rotatable bonds is 27. The Hall–Kier alpha value is -5.43. The van der Waals surface area contributed by atoms with E-state index in [1.807, 2.05) is 0 Å². The van der Waals surface area contributed by atoms with Gasteiger partial charge in [0.15, 0.2) is 17.5 Å². The molecule has 0 aliphatic heterocycles. The summed E-state index contributed by atoms with van der Waals surface area (Å²) >= 11 is 4.24. The molecule has 4 heterocycles. The monoisotopic (exact) mass is 984 g/mol. The van der Waals surface area contributed by atoms with Gasteiger partial charge in [0.1, 0.15) is 31.9 Å². The van der Waals surface area contributed by atoms with Gasteiger partial charge >= 0.3 is 0 Å². The minimum Gasteiger partial charge on any atom is -0.506 e. The van der Waals surface area contributed by atoms with E-state index in [0.717, 1.165) is 148 Å². The fourth-order valence-electron chi connectivity index (χ4n) is 8.45. The van der Waals surface area contributed by atoms with Crippen LogP contribution in [0.4, 0.5) is 17.1 Å². The first kappa shape index (κ1) is 51.4. The molecule has 366 valence electrons. The van der Waals surface area contributed by atoms with Crippen LogP contribution < -0.4 is 14.7 Å². The molecular weight excluding hydrogens is 913 g/mol. The highest BCUT2D eigenvalue weighted by Gasteiger charge is 2.24. The summed E-state index contributed by atoms with van der Waals surface area (Å²) in [6, 6.07) is 31.1. The Bertz CT molecular complexity index is 2330. The van der Waals surface area contributed by atoms with Crippen LogP contribution in [-0.2, 0) is 0 Å². The lowest BCUT2D eigenvalue weighted by Gasteiger charge is -2.24. The Morgan fingerprint density at radius 2 is 0.565 bits per heavy atom. The fourth-order valence-corrected chi connectivity index (χ4v) is 11.4. The summed E-state index contributed by atoms with van der Waals surface area (Å²) in [4.78, 5) is 26.4. The van der Waals surface area contributed by atoms with Gasteiger partial charge in [-0.25, -0.2) is 15.0 Å². The molecule has 9 nitrogen and oxygen atoms in total. The molecule has 12 heteroatoms. The fraction of sp³-hybridized carbons (Fsp3) is 0.421. The molecule has 3 N–H and O–H groups in total. The maximum absolute atomic E-state index is 11.6. The molecule has 7 rings (SSSR count). The number of hydrogen-bond donors (Lipinski definition) is 3. The van der Waals surface area contributed by atoms with Crippen LogP contribution in [0, 0.1) is 0 Å². The lowest BCUT2D eigenvalue weighted by Crippen LogP contribution is -2.25. The SMILES string of the molecule is CCCCN(CCCC)c1ccc(-c2cc(O)c(-c3nc(-c4sc(-c5ccc(N(CCCC)CCCC)cc5)cc4O)nc(-c4sc(-c5ccc(N(CCCC)CCCC)cc5)cc4O)n3)s2)cc1. The van der Waals surface area contributed by atoms with E-state index >= 15 is 0 Å². The number of aromatic nitrogens is 3. The Balaban J connectivity index is 1.26. The van der Waals surface area contributed by atoms with E-state index < -0.39 is 0 Å². The molecule has 0 saturated heterocycles. The van der Waals surface area contributed by atoms with Crippen LogP contribution in [0.15, 0.2) is 91.0 Å². The van der Waals surface area contributed by atoms with Crippen molar-refractivity contribution in [2.24, 2.45) is 0 Å². The van der Waals surface area contributed by atoms with Crippen molar-refractivity contribution in [3.8, 4) is 80.7 Å². The molecule has 7 aromatic rings. The Morgan fingerprint density at radius 1 is 0.348 bits per heavy atom. The van der Waals surface area contributed by atoms with Crippen LogP contribution in [0.3, 0.4) is 0 Å². The van der Waals surface area contributed by atoms with Crippen LogP contribution in [0.2, 0.25) is 0 Å². The molecule has 0 bridgehead atoms. The van der Waals surface area contributed by atoms with E-state index in [2.05, 4.69) is 129 Å². The van der Waals surface area contributed by atoms with E-state index in [1.54, 1.807) is 18.2 Å². The van der Waals surface area contributed by atoms with Crippen molar-refractivity contribution in [1.82, 2.24) is 15.0 Å². The summed E-state index contributed by atoms with van der Waals surface area (Å²) in [5.41, 5.74) is 6.57. The van der Waals surface area contributed by atoms with Gasteiger partial charge in [-0.1, -0.05) is 116 Å². The zero-order valence-electron chi connectivity index (χ0n) is 41.6. The summed E-state index contributed by atoms with van der Waals surface area (Å²) in [6.45, 7) is 19.5. The molecule has 4 aromatic heterocycles. The first-order valence-corrected chi connectivity index (χ1v) is 27.9. The summed E-state index contributed by atoms with van der Waals surface area (Å²) in [6.07, 6.45) is 13.8. The van der Waals surface area contributed by atoms with Crippen LogP contribution in [-0.4, -0.2) is 69.5 Å². The van der Waals surface area contributed by atoms with E-state index in [1.165, 1.54) is 51.1 Å². The Morgan fingerprint density at radius 3 is 0.768 bits per heavy atom.